The predicted octanol–water partition coefficient (Wildman–Crippen LogP) is 2.27. The lowest BCUT2D eigenvalue weighted by Gasteiger charge is -2.24. The van der Waals surface area contributed by atoms with Crippen LogP contribution in [-0.4, -0.2) is 55.6 Å². The summed E-state index contributed by atoms with van der Waals surface area (Å²) >= 11 is 0. The smallest absolute Gasteiger partial charge is 0.317 e. The summed E-state index contributed by atoms with van der Waals surface area (Å²) in [6, 6.07) is 8.60. The number of nitrogens with one attached hydrogen (secondary N) is 1. The Bertz CT molecular complexity index is 495. The molecule has 0 aliphatic heterocycles. The van der Waals surface area contributed by atoms with Crippen LogP contribution in [0.1, 0.15) is 24.0 Å². The van der Waals surface area contributed by atoms with Crippen molar-refractivity contribution in [2.45, 2.75) is 31.7 Å². The van der Waals surface area contributed by atoms with Gasteiger partial charge >= 0.3 is 6.03 Å². The predicted molar refractivity (Wildman–Crippen MR) is 86.6 cm³/mol. The molecule has 116 valence electrons. The summed E-state index contributed by atoms with van der Waals surface area (Å²) in [5.74, 6) is 0. The van der Waals surface area contributed by atoms with Gasteiger partial charge in [-0.2, -0.15) is 0 Å². The van der Waals surface area contributed by atoms with Crippen LogP contribution in [0.2, 0.25) is 0 Å². The van der Waals surface area contributed by atoms with Crippen LogP contribution in [0.25, 0.3) is 0 Å². The summed E-state index contributed by atoms with van der Waals surface area (Å²) in [4.78, 5) is 16.1. The van der Waals surface area contributed by atoms with Crippen LogP contribution >= 0.6 is 0 Å². The van der Waals surface area contributed by atoms with Crippen LogP contribution < -0.4 is 5.32 Å². The number of carbonyl (C=O) groups excluding carboxylic acids is 1. The third-order valence-electron chi connectivity index (χ3n) is 4.08. The highest BCUT2D eigenvalue weighted by atomic mass is 16.2. The van der Waals surface area contributed by atoms with Crippen molar-refractivity contribution in [1.82, 2.24) is 15.1 Å². The molecule has 1 aromatic rings. The zero-order valence-electron chi connectivity index (χ0n) is 13.6. The molecule has 0 unspecified atom stereocenters. The average Bonchev–Trinajstić information content (AvgIpc) is 3.15. The van der Waals surface area contributed by atoms with E-state index in [1.165, 1.54) is 11.1 Å². The van der Waals surface area contributed by atoms with E-state index >= 15 is 0 Å². The fraction of sp³-hybridized carbons (Fsp3) is 0.588. The van der Waals surface area contributed by atoms with Crippen molar-refractivity contribution < 1.29 is 4.79 Å². The largest absolute Gasteiger partial charge is 0.332 e. The van der Waals surface area contributed by atoms with E-state index in [-0.39, 0.29) is 11.6 Å². The second-order valence-electron chi connectivity index (χ2n) is 6.60. The van der Waals surface area contributed by atoms with E-state index in [2.05, 4.69) is 41.4 Å². The molecule has 0 radical (unpaired) electrons. The number of hydrogen-bond acceptors (Lipinski definition) is 2. The number of amides is 2. The number of carbonyl (C=O) groups is 1. The highest BCUT2D eigenvalue weighted by Gasteiger charge is 2.44. The Labute approximate surface area is 128 Å². The van der Waals surface area contributed by atoms with Gasteiger partial charge in [0, 0.05) is 25.7 Å². The Kier molecular flexibility index (Phi) is 4.88. The number of urea groups is 1. The van der Waals surface area contributed by atoms with E-state index in [1.807, 2.05) is 21.1 Å². The van der Waals surface area contributed by atoms with Gasteiger partial charge in [-0.3, -0.25) is 0 Å². The van der Waals surface area contributed by atoms with E-state index in [9.17, 15) is 4.79 Å². The Morgan fingerprint density at radius 3 is 2.52 bits per heavy atom. The van der Waals surface area contributed by atoms with Gasteiger partial charge in [0.15, 0.2) is 0 Å². The van der Waals surface area contributed by atoms with Crippen molar-refractivity contribution in [1.29, 1.82) is 0 Å². The number of aryl methyl sites for hydroxylation is 1. The van der Waals surface area contributed by atoms with Crippen molar-refractivity contribution in [3.63, 3.8) is 0 Å². The molecule has 1 fully saturated rings. The molecule has 0 bridgehead atoms. The van der Waals surface area contributed by atoms with Gasteiger partial charge in [0.1, 0.15) is 0 Å². The van der Waals surface area contributed by atoms with E-state index in [4.69, 9.17) is 0 Å². The second kappa shape index (κ2) is 6.48. The summed E-state index contributed by atoms with van der Waals surface area (Å²) in [7, 11) is 5.90. The monoisotopic (exact) mass is 289 g/mol. The molecule has 1 aliphatic carbocycles. The van der Waals surface area contributed by atoms with Gasteiger partial charge < -0.3 is 15.1 Å². The molecule has 4 nitrogen and oxygen atoms in total. The first-order valence-corrected chi connectivity index (χ1v) is 7.64. The first kappa shape index (κ1) is 15.8. The second-order valence-corrected chi connectivity index (χ2v) is 6.60. The molecule has 2 amide bonds. The average molecular weight is 289 g/mol. The van der Waals surface area contributed by atoms with Crippen molar-refractivity contribution in [3.8, 4) is 0 Å². The third-order valence-corrected chi connectivity index (χ3v) is 4.08. The fourth-order valence-electron chi connectivity index (χ4n) is 2.48. The first-order valence-electron chi connectivity index (χ1n) is 7.64. The van der Waals surface area contributed by atoms with Gasteiger partial charge in [-0.05, 0) is 45.8 Å². The van der Waals surface area contributed by atoms with Gasteiger partial charge in [0.25, 0.3) is 0 Å². The first-order chi connectivity index (χ1) is 9.90. The summed E-state index contributed by atoms with van der Waals surface area (Å²) < 4.78 is 0. The molecule has 0 aromatic heterocycles. The number of hydrogen-bond donors (Lipinski definition) is 1. The summed E-state index contributed by atoms with van der Waals surface area (Å²) in [5.41, 5.74) is 2.57. The molecule has 21 heavy (non-hydrogen) atoms. The van der Waals surface area contributed by atoms with Crippen LogP contribution in [0.5, 0.6) is 0 Å². The Morgan fingerprint density at radius 1 is 1.24 bits per heavy atom. The van der Waals surface area contributed by atoms with E-state index < -0.39 is 0 Å². The Balaban J connectivity index is 1.88. The van der Waals surface area contributed by atoms with Crippen LogP contribution in [0, 0.1) is 6.92 Å². The number of nitrogens with zero attached hydrogens (tertiary/aromatic N) is 2. The highest BCUT2D eigenvalue weighted by molar-refractivity contribution is 5.75. The minimum Gasteiger partial charge on any atom is -0.332 e. The number of benzene rings is 1. The van der Waals surface area contributed by atoms with Crippen LogP contribution in [0.3, 0.4) is 0 Å². The Morgan fingerprint density at radius 2 is 1.95 bits per heavy atom. The van der Waals surface area contributed by atoms with Gasteiger partial charge in [-0.1, -0.05) is 29.8 Å². The maximum atomic E-state index is 12.3. The topological polar surface area (TPSA) is 35.6 Å². The van der Waals surface area contributed by atoms with Gasteiger partial charge in [0.05, 0.1) is 0 Å². The van der Waals surface area contributed by atoms with Crippen molar-refractivity contribution in [2.24, 2.45) is 0 Å². The maximum Gasteiger partial charge on any atom is 0.317 e. The molecule has 1 aromatic carbocycles. The van der Waals surface area contributed by atoms with Crippen molar-refractivity contribution >= 4 is 6.03 Å². The number of rotatable bonds is 6. The molecule has 1 aliphatic rings. The maximum absolute atomic E-state index is 12.3. The minimum absolute atomic E-state index is 0.0166. The van der Waals surface area contributed by atoms with E-state index in [0.717, 1.165) is 32.4 Å². The fourth-order valence-corrected chi connectivity index (χ4v) is 2.48. The summed E-state index contributed by atoms with van der Waals surface area (Å²) in [6.45, 7) is 3.74. The zero-order chi connectivity index (χ0) is 15.5. The minimum atomic E-state index is -0.0166. The zero-order valence-corrected chi connectivity index (χ0v) is 13.6. The third kappa shape index (κ3) is 4.74. The lowest BCUT2D eigenvalue weighted by Crippen LogP contribution is -2.47. The Hall–Kier alpha value is -1.55. The van der Waals surface area contributed by atoms with Gasteiger partial charge in [-0.25, -0.2) is 4.79 Å². The molecule has 1 N–H and O–H groups in total. The van der Waals surface area contributed by atoms with Gasteiger partial charge in [-0.15, -0.1) is 0 Å². The molecular weight excluding hydrogens is 262 g/mol. The standard InChI is InChI=1S/C17H27N3O/c1-14-6-5-7-15(12-14)13-17(8-9-17)18-16(21)20(4)11-10-19(2)3/h5-7,12H,8-11,13H2,1-4H3,(H,18,21). The molecule has 4 heteroatoms. The summed E-state index contributed by atoms with van der Waals surface area (Å²) in [5, 5.41) is 3.23. The quantitative estimate of drug-likeness (QED) is 0.872. The lowest BCUT2D eigenvalue weighted by atomic mass is 10.0. The summed E-state index contributed by atoms with van der Waals surface area (Å²) in [6.07, 6.45) is 3.09. The number of likely N-dealkylation sites (N-methyl/N-ethyl adjacent to an activating group) is 2. The molecule has 0 atom stereocenters. The molecule has 1 saturated carbocycles. The van der Waals surface area contributed by atoms with Crippen LogP contribution in [0.15, 0.2) is 24.3 Å². The highest BCUT2D eigenvalue weighted by Crippen LogP contribution is 2.38. The van der Waals surface area contributed by atoms with Crippen molar-refractivity contribution in [3.05, 3.63) is 35.4 Å². The molecular formula is C17H27N3O. The molecule has 0 heterocycles. The SMILES string of the molecule is Cc1cccc(CC2(NC(=O)N(C)CCN(C)C)CC2)c1. The van der Waals surface area contributed by atoms with Gasteiger partial charge in [0.2, 0.25) is 0 Å². The molecule has 0 saturated heterocycles. The van der Waals surface area contributed by atoms with Crippen LogP contribution in [-0.2, 0) is 6.42 Å². The lowest BCUT2D eigenvalue weighted by molar-refractivity contribution is 0.198. The van der Waals surface area contributed by atoms with E-state index in [0.29, 0.717) is 0 Å². The molecule has 2 rings (SSSR count). The normalized spacial score (nSPS) is 15.9. The van der Waals surface area contributed by atoms with Crippen LogP contribution in [0.4, 0.5) is 4.79 Å². The van der Waals surface area contributed by atoms with Crippen molar-refractivity contribution in [2.75, 3.05) is 34.2 Å². The van der Waals surface area contributed by atoms with E-state index in [1.54, 1.807) is 4.90 Å². The molecule has 0 spiro atoms.